The first-order valence-electron chi connectivity index (χ1n) is 2.83. The Hall–Kier alpha value is -1.28. The molecule has 0 rings (SSSR count). The summed E-state index contributed by atoms with van der Waals surface area (Å²) in [5.41, 5.74) is -0.421. The van der Waals surface area contributed by atoms with Gasteiger partial charge in [-0.15, -0.1) is 0 Å². The molecule has 0 amide bonds. The number of rotatable bonds is 3. The Labute approximate surface area is 58.5 Å². The zero-order valence-electron chi connectivity index (χ0n) is 5.84. The molecule has 4 nitrogen and oxygen atoms in total. The van der Waals surface area contributed by atoms with Gasteiger partial charge in [-0.3, -0.25) is 0 Å². The Bertz CT molecular complexity index is 179. The second kappa shape index (κ2) is 3.69. The first kappa shape index (κ1) is 8.72. The van der Waals surface area contributed by atoms with Crippen molar-refractivity contribution in [1.82, 2.24) is 5.32 Å². The molecule has 0 aliphatic heterocycles. The molecule has 56 valence electrons. The highest BCUT2D eigenvalue weighted by molar-refractivity contribution is 5.94. The van der Waals surface area contributed by atoms with Gasteiger partial charge in [-0.2, -0.15) is 0 Å². The smallest absolute Gasteiger partial charge is 0.363 e. The van der Waals surface area contributed by atoms with Gasteiger partial charge < -0.3 is 10.4 Å². The molecule has 0 heterocycles. The van der Waals surface area contributed by atoms with E-state index < -0.39 is 11.7 Å². The van der Waals surface area contributed by atoms with Crippen molar-refractivity contribution in [2.45, 2.75) is 19.9 Å². The number of hydrogen-bond donors (Lipinski definition) is 2. The van der Waals surface area contributed by atoms with Crippen molar-refractivity contribution in [3.05, 3.63) is 5.70 Å². The van der Waals surface area contributed by atoms with Crippen LogP contribution in [-0.4, -0.2) is 23.1 Å². The second-order valence-electron chi connectivity index (χ2n) is 2.08. The molecule has 0 aromatic rings. The molecule has 2 N–H and O–H groups in total. The Morgan fingerprint density at radius 1 is 1.60 bits per heavy atom. The second-order valence-corrected chi connectivity index (χ2v) is 2.08. The number of carbonyl (C=O) groups excluding carboxylic acids is 1. The summed E-state index contributed by atoms with van der Waals surface area (Å²) < 4.78 is 0. The van der Waals surface area contributed by atoms with Crippen LogP contribution in [0.4, 0.5) is 0 Å². The van der Waals surface area contributed by atoms with E-state index in [2.05, 4.69) is 5.32 Å². The normalized spacial score (nSPS) is 8.70. The maximum Gasteiger partial charge on any atom is 0.363 e. The fourth-order valence-electron chi connectivity index (χ4n) is 0.424. The summed E-state index contributed by atoms with van der Waals surface area (Å²) in [7, 11) is 0. The van der Waals surface area contributed by atoms with Crippen molar-refractivity contribution in [2.75, 3.05) is 0 Å². The van der Waals surface area contributed by atoms with Gasteiger partial charge in [-0.1, -0.05) is 0 Å². The van der Waals surface area contributed by atoms with E-state index in [1.165, 1.54) is 5.94 Å². The van der Waals surface area contributed by atoms with Crippen molar-refractivity contribution < 1.29 is 14.7 Å². The molecule has 0 aliphatic rings. The quantitative estimate of drug-likeness (QED) is 0.423. The van der Waals surface area contributed by atoms with Gasteiger partial charge in [0.1, 0.15) is 0 Å². The van der Waals surface area contributed by atoms with Crippen molar-refractivity contribution in [3.8, 4) is 0 Å². The third-order valence-electron chi connectivity index (χ3n) is 0.749. The molecule has 0 aromatic heterocycles. The number of carboxylic acids is 1. The summed E-state index contributed by atoms with van der Waals surface area (Å²) in [5.74, 6) is 0.0145. The van der Waals surface area contributed by atoms with Crippen LogP contribution in [-0.2, 0) is 9.59 Å². The van der Waals surface area contributed by atoms with Gasteiger partial charge in [0.15, 0.2) is 5.94 Å². The van der Waals surface area contributed by atoms with Gasteiger partial charge in [0.05, 0.1) is 0 Å². The van der Waals surface area contributed by atoms with Crippen LogP contribution in [0.15, 0.2) is 5.70 Å². The number of hydrogen-bond acceptors (Lipinski definition) is 3. The van der Waals surface area contributed by atoms with E-state index in [1.54, 1.807) is 13.8 Å². The summed E-state index contributed by atoms with van der Waals surface area (Å²) in [6.07, 6.45) is 0. The highest BCUT2D eigenvalue weighted by Crippen LogP contribution is 1.85. The van der Waals surface area contributed by atoms with E-state index in [0.717, 1.165) is 0 Å². The van der Waals surface area contributed by atoms with Crippen molar-refractivity contribution in [3.63, 3.8) is 0 Å². The lowest BCUT2D eigenvalue weighted by Crippen LogP contribution is -2.27. The van der Waals surface area contributed by atoms with E-state index >= 15 is 0 Å². The fraction of sp³-hybridized carbons (Fsp3) is 0.500. The molecule has 0 unspecified atom stereocenters. The van der Waals surface area contributed by atoms with Crippen LogP contribution in [0.1, 0.15) is 13.8 Å². The van der Waals surface area contributed by atoms with Crippen LogP contribution in [0.25, 0.3) is 0 Å². The lowest BCUT2D eigenvalue weighted by molar-refractivity contribution is -0.133. The molecule has 0 atom stereocenters. The molecule has 0 bridgehead atoms. The monoisotopic (exact) mass is 143 g/mol. The van der Waals surface area contributed by atoms with E-state index in [-0.39, 0.29) is 6.04 Å². The lowest BCUT2D eigenvalue weighted by Gasteiger charge is -2.05. The summed E-state index contributed by atoms with van der Waals surface area (Å²) in [6, 6.07) is -0.0625. The van der Waals surface area contributed by atoms with Crippen LogP contribution in [0.2, 0.25) is 0 Å². The van der Waals surface area contributed by atoms with Gasteiger partial charge in [-0.05, 0) is 13.8 Å². The predicted octanol–water partition coefficient (Wildman–Crippen LogP) is -0.216. The highest BCUT2D eigenvalue weighted by Gasteiger charge is 2.07. The zero-order chi connectivity index (χ0) is 8.15. The van der Waals surface area contributed by atoms with E-state index in [9.17, 15) is 9.59 Å². The molecule has 0 saturated heterocycles. The van der Waals surface area contributed by atoms with Gasteiger partial charge in [0.25, 0.3) is 0 Å². The predicted molar refractivity (Wildman–Crippen MR) is 35.1 cm³/mol. The van der Waals surface area contributed by atoms with E-state index in [0.29, 0.717) is 0 Å². The molecule has 0 aromatic carbocycles. The van der Waals surface area contributed by atoms with Crippen LogP contribution in [0.5, 0.6) is 0 Å². The van der Waals surface area contributed by atoms with Crippen LogP contribution < -0.4 is 5.32 Å². The van der Waals surface area contributed by atoms with Crippen molar-refractivity contribution in [1.29, 1.82) is 0 Å². The average Bonchev–Trinajstić information content (AvgIpc) is 1.81. The topological polar surface area (TPSA) is 66.4 Å². The van der Waals surface area contributed by atoms with Crippen molar-refractivity contribution >= 4 is 11.9 Å². The minimum Gasteiger partial charge on any atom is -0.476 e. The molecule has 0 spiro atoms. The average molecular weight is 143 g/mol. The largest absolute Gasteiger partial charge is 0.476 e. The standard InChI is InChI=1S/C6H9NO3/c1-4(2)7-5(3-8)6(9)10/h4,7H,1-2H3,(H,9,10). The Kier molecular flexibility index (Phi) is 3.22. The SMILES string of the molecule is CC(C)NC(=C=O)C(=O)O. The van der Waals surface area contributed by atoms with E-state index in [1.807, 2.05) is 0 Å². The molecular formula is C6H9NO3. The molecular weight excluding hydrogens is 134 g/mol. The minimum absolute atomic E-state index is 0.0625. The van der Waals surface area contributed by atoms with Gasteiger partial charge in [-0.25, -0.2) is 9.59 Å². The van der Waals surface area contributed by atoms with Gasteiger partial charge in [0.2, 0.25) is 5.70 Å². The summed E-state index contributed by atoms with van der Waals surface area (Å²) >= 11 is 0. The van der Waals surface area contributed by atoms with Crippen molar-refractivity contribution in [2.24, 2.45) is 0 Å². The summed E-state index contributed by atoms with van der Waals surface area (Å²) in [5, 5.41) is 10.7. The molecule has 0 aliphatic carbocycles. The maximum atomic E-state index is 10.1. The number of aliphatic carboxylic acids is 1. The highest BCUT2D eigenvalue weighted by atomic mass is 16.4. The number of nitrogens with one attached hydrogen (secondary N) is 1. The van der Waals surface area contributed by atoms with Crippen LogP contribution >= 0.6 is 0 Å². The molecule has 0 saturated carbocycles. The molecule has 4 heteroatoms. The van der Waals surface area contributed by atoms with Crippen LogP contribution in [0, 0.1) is 0 Å². The third-order valence-corrected chi connectivity index (χ3v) is 0.749. The number of carbonyl (C=O) groups is 1. The number of carboxylic acid groups (broad SMARTS) is 1. The lowest BCUT2D eigenvalue weighted by atomic mass is 10.3. The first-order chi connectivity index (χ1) is 4.57. The Balaban J connectivity index is 4.13. The zero-order valence-corrected chi connectivity index (χ0v) is 5.84. The molecule has 0 fully saturated rings. The minimum atomic E-state index is -1.27. The fourth-order valence-corrected chi connectivity index (χ4v) is 0.424. The summed E-state index contributed by atoms with van der Waals surface area (Å²) in [4.78, 5) is 20.0. The van der Waals surface area contributed by atoms with Gasteiger partial charge in [0, 0.05) is 6.04 Å². The van der Waals surface area contributed by atoms with E-state index in [4.69, 9.17) is 5.11 Å². The summed E-state index contributed by atoms with van der Waals surface area (Å²) in [6.45, 7) is 3.47. The molecule has 0 radical (unpaired) electrons. The third kappa shape index (κ3) is 2.89. The van der Waals surface area contributed by atoms with Gasteiger partial charge >= 0.3 is 5.97 Å². The van der Waals surface area contributed by atoms with Crippen LogP contribution in [0.3, 0.4) is 0 Å². The molecule has 10 heavy (non-hydrogen) atoms. The maximum absolute atomic E-state index is 10.1. The Morgan fingerprint density at radius 2 is 2.10 bits per heavy atom. The Morgan fingerprint density at radius 3 is 2.20 bits per heavy atom. The first-order valence-corrected chi connectivity index (χ1v) is 2.83.